The van der Waals surface area contributed by atoms with E-state index in [0.29, 0.717) is 6.10 Å². The molecule has 92 valence electrons. The van der Waals surface area contributed by atoms with Crippen molar-refractivity contribution in [3.63, 3.8) is 0 Å². The smallest absolute Gasteiger partial charge is 0.188 e. The van der Waals surface area contributed by atoms with Crippen LogP contribution in [0.2, 0.25) is 0 Å². The van der Waals surface area contributed by atoms with Crippen molar-refractivity contribution in [2.45, 2.75) is 18.9 Å². The van der Waals surface area contributed by atoms with Gasteiger partial charge in [-0.25, -0.2) is 0 Å². The summed E-state index contributed by atoms with van der Waals surface area (Å²) in [7, 11) is 0. The highest BCUT2D eigenvalue weighted by Crippen LogP contribution is 2.10. The van der Waals surface area contributed by atoms with Crippen LogP contribution in [0.4, 0.5) is 0 Å². The molecule has 2 nitrogen and oxygen atoms in total. The molecule has 3 heteroatoms. The van der Waals surface area contributed by atoms with Crippen molar-refractivity contribution in [1.29, 1.82) is 0 Å². The van der Waals surface area contributed by atoms with Crippen LogP contribution in [0.3, 0.4) is 0 Å². The third-order valence-corrected chi connectivity index (χ3v) is 2.68. The van der Waals surface area contributed by atoms with Crippen LogP contribution in [0.15, 0.2) is 36.4 Å². The van der Waals surface area contributed by atoms with Gasteiger partial charge in [-0.15, -0.1) is 0 Å². The zero-order valence-corrected chi connectivity index (χ0v) is 10.6. The molecule has 0 saturated carbocycles. The highest BCUT2D eigenvalue weighted by atomic mass is 35.5. The van der Waals surface area contributed by atoms with Crippen LogP contribution in [0, 0.1) is 6.08 Å². The number of rotatable bonds is 5. The van der Waals surface area contributed by atoms with Crippen molar-refractivity contribution < 1.29 is 17.1 Å². The topological polar surface area (TPSA) is 21.3 Å². The molecular weight excluding hydrogens is 234 g/mol. The van der Waals surface area contributed by atoms with E-state index in [1.807, 2.05) is 24.3 Å². The summed E-state index contributed by atoms with van der Waals surface area (Å²) < 4.78 is 5.52. The first-order chi connectivity index (χ1) is 7.95. The Balaban J connectivity index is 0.00000144. The van der Waals surface area contributed by atoms with E-state index >= 15 is 0 Å². The first kappa shape index (κ1) is 14.1. The second-order valence-corrected chi connectivity index (χ2v) is 4.01. The lowest BCUT2D eigenvalue weighted by molar-refractivity contribution is -0.00000453. The van der Waals surface area contributed by atoms with Gasteiger partial charge >= 0.3 is 0 Å². The molecule has 17 heavy (non-hydrogen) atoms. The van der Waals surface area contributed by atoms with Crippen LogP contribution in [0.25, 0.3) is 0 Å². The SMILES string of the molecule is [C+](=CCNCC1CCCO1)c1ccccc1.[Cl-]. The van der Waals surface area contributed by atoms with Gasteiger partial charge in [0.1, 0.15) is 0 Å². The van der Waals surface area contributed by atoms with Gasteiger partial charge in [-0.3, -0.25) is 0 Å². The van der Waals surface area contributed by atoms with Crippen molar-refractivity contribution in [2.24, 2.45) is 0 Å². The zero-order valence-electron chi connectivity index (χ0n) is 9.86. The average molecular weight is 252 g/mol. The normalized spacial score (nSPS) is 18.9. The minimum Gasteiger partial charge on any atom is -1.00 e. The Labute approximate surface area is 109 Å². The van der Waals surface area contributed by atoms with Crippen molar-refractivity contribution in [1.82, 2.24) is 5.32 Å². The Bertz CT molecular complexity index is 320. The highest BCUT2D eigenvalue weighted by molar-refractivity contribution is 5.21. The minimum atomic E-state index is 0. The molecule has 1 heterocycles. The Hall–Kier alpha value is -0.920. The molecular formula is C14H18ClNO. The van der Waals surface area contributed by atoms with E-state index in [1.165, 1.54) is 12.8 Å². The van der Waals surface area contributed by atoms with Crippen LogP contribution in [-0.4, -0.2) is 25.8 Å². The summed E-state index contributed by atoms with van der Waals surface area (Å²) in [6.45, 7) is 2.74. The summed E-state index contributed by atoms with van der Waals surface area (Å²) >= 11 is 0. The predicted octanol–water partition coefficient (Wildman–Crippen LogP) is -0.833. The van der Waals surface area contributed by atoms with E-state index in [1.54, 1.807) is 0 Å². The van der Waals surface area contributed by atoms with E-state index in [4.69, 9.17) is 4.74 Å². The van der Waals surface area contributed by atoms with Gasteiger partial charge in [0.25, 0.3) is 0 Å². The number of benzene rings is 1. The molecule has 1 unspecified atom stereocenters. The van der Waals surface area contributed by atoms with Gasteiger partial charge in [-0.1, -0.05) is 0 Å². The lowest BCUT2D eigenvalue weighted by Crippen LogP contribution is -3.00. The maximum absolute atomic E-state index is 5.52. The average Bonchev–Trinajstić information content (AvgIpc) is 2.83. The van der Waals surface area contributed by atoms with Gasteiger partial charge in [0.15, 0.2) is 5.56 Å². The third kappa shape index (κ3) is 5.29. The van der Waals surface area contributed by atoms with Gasteiger partial charge in [-0.05, 0) is 31.0 Å². The molecule has 0 amide bonds. The number of hydrogen-bond donors (Lipinski definition) is 1. The van der Waals surface area contributed by atoms with Gasteiger partial charge in [-0.2, -0.15) is 0 Å². The van der Waals surface area contributed by atoms with E-state index in [0.717, 1.165) is 25.3 Å². The lowest BCUT2D eigenvalue weighted by Gasteiger charge is -2.07. The van der Waals surface area contributed by atoms with E-state index in [-0.39, 0.29) is 12.4 Å². The van der Waals surface area contributed by atoms with Gasteiger partial charge in [0, 0.05) is 31.8 Å². The number of halogens is 1. The zero-order chi connectivity index (χ0) is 11.1. The fourth-order valence-corrected chi connectivity index (χ4v) is 1.83. The Morgan fingerprint density at radius 3 is 2.88 bits per heavy atom. The fraction of sp³-hybridized carbons (Fsp3) is 0.429. The Morgan fingerprint density at radius 2 is 2.18 bits per heavy atom. The lowest BCUT2D eigenvalue weighted by atomic mass is 10.2. The van der Waals surface area contributed by atoms with Gasteiger partial charge in [0.2, 0.25) is 0 Å². The molecule has 0 bridgehead atoms. The Kier molecular flexibility index (Phi) is 6.83. The second kappa shape index (κ2) is 8.21. The van der Waals surface area contributed by atoms with Crippen LogP contribution in [0.5, 0.6) is 0 Å². The quantitative estimate of drug-likeness (QED) is 0.545. The summed E-state index contributed by atoms with van der Waals surface area (Å²) in [6.07, 6.45) is 8.10. The summed E-state index contributed by atoms with van der Waals surface area (Å²) in [5, 5.41) is 3.35. The van der Waals surface area contributed by atoms with Crippen molar-refractivity contribution in [2.75, 3.05) is 19.7 Å². The molecule has 0 aromatic heterocycles. The highest BCUT2D eigenvalue weighted by Gasteiger charge is 2.13. The van der Waals surface area contributed by atoms with Gasteiger partial charge in [0.05, 0.1) is 18.2 Å². The molecule has 1 aromatic rings. The van der Waals surface area contributed by atoms with Crippen molar-refractivity contribution in [3.8, 4) is 0 Å². The summed E-state index contributed by atoms with van der Waals surface area (Å²) in [4.78, 5) is 0. The second-order valence-electron chi connectivity index (χ2n) is 4.01. The first-order valence-electron chi connectivity index (χ1n) is 5.91. The van der Waals surface area contributed by atoms with Crippen molar-refractivity contribution in [3.05, 3.63) is 48.0 Å². The molecule has 1 saturated heterocycles. The third-order valence-electron chi connectivity index (χ3n) is 2.68. The van der Waals surface area contributed by atoms with Gasteiger partial charge < -0.3 is 22.5 Å². The molecule has 0 radical (unpaired) electrons. The summed E-state index contributed by atoms with van der Waals surface area (Å²) in [5.41, 5.74) is 1.13. The molecule has 1 N–H and O–H groups in total. The largest absolute Gasteiger partial charge is 1.00 e. The number of ether oxygens (including phenoxy) is 1. The van der Waals surface area contributed by atoms with E-state index < -0.39 is 0 Å². The number of nitrogens with one attached hydrogen (secondary N) is 1. The van der Waals surface area contributed by atoms with Crippen LogP contribution >= 0.6 is 0 Å². The molecule has 0 spiro atoms. The van der Waals surface area contributed by atoms with Crippen molar-refractivity contribution >= 4 is 0 Å². The molecule has 2 rings (SSSR count). The van der Waals surface area contributed by atoms with E-state index in [9.17, 15) is 0 Å². The number of hydrogen-bond acceptors (Lipinski definition) is 2. The molecule has 1 aliphatic heterocycles. The summed E-state index contributed by atoms with van der Waals surface area (Å²) in [5.74, 6) is 0. The predicted molar refractivity (Wildman–Crippen MR) is 65.2 cm³/mol. The summed E-state index contributed by atoms with van der Waals surface area (Å²) in [6, 6.07) is 10.2. The first-order valence-corrected chi connectivity index (χ1v) is 5.91. The minimum absolute atomic E-state index is 0. The monoisotopic (exact) mass is 251 g/mol. The maximum atomic E-state index is 5.52. The molecule has 0 aliphatic carbocycles. The Morgan fingerprint density at radius 1 is 1.35 bits per heavy atom. The van der Waals surface area contributed by atoms with Crippen LogP contribution in [-0.2, 0) is 4.74 Å². The fourth-order valence-electron chi connectivity index (χ4n) is 1.83. The molecule has 1 fully saturated rings. The molecule has 1 aliphatic rings. The van der Waals surface area contributed by atoms with E-state index in [2.05, 4.69) is 23.5 Å². The molecule has 1 aromatic carbocycles. The molecule has 1 atom stereocenters. The standard InChI is InChI=1S/C14H18NO.ClH/c1-2-6-13(7-3-1)8-4-10-15-12-14-9-5-11-16-14;/h1-4,6-7,14-15H,5,9-12H2;1H/q+1;/p-1. The van der Waals surface area contributed by atoms with Crippen LogP contribution < -0.4 is 17.7 Å². The van der Waals surface area contributed by atoms with Crippen LogP contribution in [0.1, 0.15) is 18.4 Å². The maximum Gasteiger partial charge on any atom is 0.188 e.